The van der Waals surface area contributed by atoms with E-state index >= 15 is 0 Å². The molecule has 1 heterocycles. The van der Waals surface area contributed by atoms with E-state index in [9.17, 15) is 21.6 Å². The van der Waals surface area contributed by atoms with Crippen molar-refractivity contribution >= 4 is 58.1 Å². The lowest BCUT2D eigenvalue weighted by molar-refractivity contribution is 0.0985. The molecule has 5 rings (SSSR count). The topological polar surface area (TPSA) is 105 Å². The van der Waals surface area contributed by atoms with Gasteiger partial charge in [-0.1, -0.05) is 59.9 Å². The molecule has 0 atom stereocenters. The molecule has 0 aliphatic rings. The van der Waals surface area contributed by atoms with Crippen LogP contribution in [-0.2, 0) is 26.4 Å². The second-order valence-corrected chi connectivity index (χ2v) is 14.2. The van der Waals surface area contributed by atoms with E-state index in [-0.39, 0.29) is 28.8 Å². The molecule has 0 N–H and O–H groups in total. The molecule has 0 saturated carbocycles. The number of sulfonamides is 1. The largest absolute Gasteiger partial charge is 0.279 e. The molecule has 11 heteroatoms. The number of hydrogen-bond acceptors (Lipinski definition) is 7. The third-order valence-corrected chi connectivity index (χ3v) is 10.5. The van der Waals surface area contributed by atoms with Crippen molar-refractivity contribution in [1.29, 1.82) is 0 Å². The Bertz CT molecular complexity index is 1910. The zero-order valence-corrected chi connectivity index (χ0v) is 24.8. The monoisotopic (exact) mass is 605 g/mol. The number of sulfone groups is 1. The van der Waals surface area contributed by atoms with Crippen molar-refractivity contribution in [3.8, 4) is 0 Å². The van der Waals surface area contributed by atoms with Crippen LogP contribution >= 0.6 is 11.3 Å². The predicted molar refractivity (Wildman–Crippen MR) is 163 cm³/mol. The first-order chi connectivity index (χ1) is 19.6. The Morgan fingerprint density at radius 1 is 0.805 bits per heavy atom. The number of amides is 1. The summed E-state index contributed by atoms with van der Waals surface area (Å²) < 4.78 is 52.9. The number of thiazole rings is 1. The SMILES string of the molecule is CCN(c1ccccc1)S(=O)(=O)c1ccc(C(=O)N(Cc2ccccc2)c2nc3ccc(S(C)(=O)=O)cc3s2)cc1. The predicted octanol–water partition coefficient (Wildman–Crippen LogP) is 5.76. The van der Waals surface area contributed by atoms with E-state index in [0.717, 1.165) is 11.8 Å². The van der Waals surface area contributed by atoms with Gasteiger partial charge in [0.15, 0.2) is 15.0 Å². The van der Waals surface area contributed by atoms with Gasteiger partial charge in [-0.25, -0.2) is 21.8 Å². The lowest BCUT2D eigenvalue weighted by Gasteiger charge is -2.23. The highest BCUT2D eigenvalue weighted by molar-refractivity contribution is 7.92. The van der Waals surface area contributed by atoms with Gasteiger partial charge in [0.25, 0.3) is 15.9 Å². The zero-order chi connectivity index (χ0) is 29.2. The minimum absolute atomic E-state index is 0.0719. The number of carbonyl (C=O) groups is 1. The van der Waals surface area contributed by atoms with Crippen LogP contribution in [0.3, 0.4) is 0 Å². The molecule has 0 aliphatic heterocycles. The Hall–Kier alpha value is -4.06. The molecule has 0 fully saturated rings. The number of anilines is 2. The number of benzene rings is 4. The Balaban J connectivity index is 1.50. The molecule has 8 nitrogen and oxygen atoms in total. The summed E-state index contributed by atoms with van der Waals surface area (Å²) >= 11 is 1.22. The highest BCUT2D eigenvalue weighted by atomic mass is 32.2. The fourth-order valence-electron chi connectivity index (χ4n) is 4.37. The van der Waals surface area contributed by atoms with Gasteiger partial charge in [-0.05, 0) is 67.1 Å². The summed E-state index contributed by atoms with van der Waals surface area (Å²) in [5.74, 6) is -0.365. The fourth-order valence-corrected chi connectivity index (χ4v) is 7.57. The van der Waals surface area contributed by atoms with Crippen LogP contribution in [0.2, 0.25) is 0 Å². The van der Waals surface area contributed by atoms with Gasteiger partial charge >= 0.3 is 0 Å². The van der Waals surface area contributed by atoms with Gasteiger partial charge in [0.05, 0.1) is 32.2 Å². The van der Waals surface area contributed by atoms with Gasteiger partial charge in [-0.15, -0.1) is 0 Å². The molecule has 4 aromatic carbocycles. The molecule has 0 unspecified atom stereocenters. The van der Waals surface area contributed by atoms with Crippen LogP contribution in [0.1, 0.15) is 22.8 Å². The Kier molecular flexibility index (Phi) is 7.94. The summed E-state index contributed by atoms with van der Waals surface area (Å²) in [6.45, 7) is 2.23. The summed E-state index contributed by atoms with van der Waals surface area (Å²) in [5.41, 5.74) is 2.29. The average Bonchev–Trinajstić information content (AvgIpc) is 3.40. The number of carbonyl (C=O) groups excluding carboxylic acids is 1. The Morgan fingerprint density at radius 2 is 1.41 bits per heavy atom. The van der Waals surface area contributed by atoms with Crippen molar-refractivity contribution in [1.82, 2.24) is 4.98 Å². The minimum Gasteiger partial charge on any atom is -0.279 e. The smallest absolute Gasteiger partial charge is 0.264 e. The number of para-hydroxylation sites is 1. The van der Waals surface area contributed by atoms with Gasteiger partial charge in [-0.3, -0.25) is 14.0 Å². The van der Waals surface area contributed by atoms with Crippen LogP contribution in [0.15, 0.2) is 113 Å². The second-order valence-electron chi connectivity index (χ2n) is 9.30. The molecule has 1 aromatic heterocycles. The Morgan fingerprint density at radius 3 is 2.02 bits per heavy atom. The van der Waals surface area contributed by atoms with Crippen LogP contribution in [0.5, 0.6) is 0 Å². The lowest BCUT2D eigenvalue weighted by atomic mass is 10.1. The normalized spacial score (nSPS) is 11.9. The fraction of sp³-hybridized carbons (Fsp3) is 0.133. The van der Waals surface area contributed by atoms with E-state index in [4.69, 9.17) is 0 Å². The van der Waals surface area contributed by atoms with E-state index in [0.29, 0.717) is 26.6 Å². The average molecular weight is 606 g/mol. The summed E-state index contributed by atoms with van der Waals surface area (Å²) in [5, 5.41) is 0.400. The van der Waals surface area contributed by atoms with Gasteiger partial charge in [-0.2, -0.15) is 0 Å². The Labute approximate surface area is 243 Å². The highest BCUT2D eigenvalue weighted by Crippen LogP contribution is 2.33. The number of rotatable bonds is 9. The molecule has 0 bridgehead atoms. The molecule has 41 heavy (non-hydrogen) atoms. The van der Waals surface area contributed by atoms with E-state index in [1.807, 2.05) is 36.4 Å². The molecule has 210 valence electrons. The summed E-state index contributed by atoms with van der Waals surface area (Å²) in [6.07, 6.45) is 1.14. The minimum atomic E-state index is -3.85. The maximum Gasteiger partial charge on any atom is 0.264 e. The van der Waals surface area contributed by atoms with E-state index in [1.54, 1.807) is 43.3 Å². The lowest BCUT2D eigenvalue weighted by Crippen LogP contribution is -2.31. The van der Waals surface area contributed by atoms with Crippen molar-refractivity contribution < 1.29 is 21.6 Å². The van der Waals surface area contributed by atoms with E-state index < -0.39 is 19.9 Å². The number of fused-ring (bicyclic) bond motifs is 1. The van der Waals surface area contributed by atoms with E-state index in [1.165, 1.54) is 50.9 Å². The summed E-state index contributed by atoms with van der Waals surface area (Å²) in [6, 6.07) is 28.8. The first kappa shape index (κ1) is 28.5. The quantitative estimate of drug-likeness (QED) is 0.212. The van der Waals surface area contributed by atoms with Crippen molar-refractivity contribution in [3.63, 3.8) is 0 Å². The van der Waals surface area contributed by atoms with Gasteiger partial charge in [0.2, 0.25) is 0 Å². The maximum atomic E-state index is 13.9. The van der Waals surface area contributed by atoms with Gasteiger partial charge in [0.1, 0.15) is 0 Å². The number of aromatic nitrogens is 1. The summed E-state index contributed by atoms with van der Waals surface area (Å²) in [7, 11) is -7.26. The van der Waals surface area contributed by atoms with Crippen molar-refractivity contribution in [2.24, 2.45) is 0 Å². The standard InChI is InChI=1S/C30H27N3O5S3/c1-3-33(24-12-8-5-9-13-24)41(37,38)25-16-14-23(15-17-25)29(34)32(21-22-10-6-4-7-11-22)30-31-27-19-18-26(40(2,35)36)20-28(27)39-30/h4-20H,3,21H2,1-2H3. The molecule has 0 radical (unpaired) electrons. The molecule has 5 aromatic rings. The van der Waals surface area contributed by atoms with Crippen LogP contribution in [-0.4, -0.2) is 40.5 Å². The van der Waals surface area contributed by atoms with Crippen LogP contribution < -0.4 is 9.21 Å². The maximum absolute atomic E-state index is 13.9. The van der Waals surface area contributed by atoms with Crippen LogP contribution in [0.25, 0.3) is 10.2 Å². The second kappa shape index (κ2) is 11.4. The van der Waals surface area contributed by atoms with Crippen molar-refractivity contribution in [2.45, 2.75) is 23.3 Å². The first-order valence-corrected chi connectivity index (χ1v) is 16.9. The third kappa shape index (κ3) is 6.02. The van der Waals surface area contributed by atoms with E-state index in [2.05, 4.69) is 4.98 Å². The zero-order valence-electron chi connectivity index (χ0n) is 22.3. The van der Waals surface area contributed by atoms with Gasteiger partial charge < -0.3 is 0 Å². The molecular weight excluding hydrogens is 579 g/mol. The van der Waals surface area contributed by atoms with Crippen molar-refractivity contribution in [3.05, 3.63) is 114 Å². The molecular formula is C30H27N3O5S3. The first-order valence-electron chi connectivity index (χ1n) is 12.7. The molecule has 0 aliphatic carbocycles. The number of hydrogen-bond donors (Lipinski definition) is 0. The van der Waals surface area contributed by atoms with Crippen LogP contribution in [0.4, 0.5) is 10.8 Å². The molecule has 0 saturated heterocycles. The molecule has 0 spiro atoms. The van der Waals surface area contributed by atoms with Gasteiger partial charge in [0, 0.05) is 18.4 Å². The third-order valence-electron chi connectivity index (χ3n) is 6.46. The van der Waals surface area contributed by atoms with Crippen molar-refractivity contribution in [2.75, 3.05) is 22.0 Å². The molecule has 1 amide bonds. The number of nitrogens with zero attached hydrogens (tertiary/aromatic N) is 3. The summed E-state index contributed by atoms with van der Waals surface area (Å²) in [4.78, 5) is 20.3. The highest BCUT2D eigenvalue weighted by Gasteiger charge is 2.26. The van der Waals surface area contributed by atoms with Crippen LogP contribution in [0, 0.1) is 0 Å².